The summed E-state index contributed by atoms with van der Waals surface area (Å²) in [6.45, 7) is 0. The number of hydrogen-bond acceptors (Lipinski definition) is 2. The summed E-state index contributed by atoms with van der Waals surface area (Å²) in [5.41, 5.74) is -2.12. The van der Waals surface area contributed by atoms with Gasteiger partial charge in [0.25, 0.3) is 0 Å². The van der Waals surface area contributed by atoms with E-state index in [0.29, 0.717) is 12.1 Å². The molecule has 0 fully saturated rings. The summed E-state index contributed by atoms with van der Waals surface area (Å²) in [5.74, 6) is -2.59. The molecular weight excluding hydrogens is 282 g/mol. The molecule has 9 heteroatoms. The van der Waals surface area contributed by atoms with Crippen molar-refractivity contribution in [2.75, 3.05) is 0 Å². The smallest absolute Gasteiger partial charge is 0.481 e. The summed E-state index contributed by atoms with van der Waals surface area (Å²) < 4.78 is 76.7. The second-order valence-corrected chi connectivity index (χ2v) is 3.44. The largest absolute Gasteiger partial charge is 0.573 e. The van der Waals surface area contributed by atoms with Gasteiger partial charge in [-0.05, 0) is 17.7 Å². The van der Waals surface area contributed by atoms with Crippen molar-refractivity contribution < 1.29 is 41.0 Å². The zero-order chi connectivity index (χ0) is 14.8. The number of benzene rings is 1. The van der Waals surface area contributed by atoms with Crippen LogP contribution in [-0.4, -0.2) is 17.4 Å². The van der Waals surface area contributed by atoms with Gasteiger partial charge in [-0.3, -0.25) is 4.79 Å². The Kier molecular flexibility index (Phi) is 3.97. The minimum atomic E-state index is -5.13. The second kappa shape index (κ2) is 4.98. The van der Waals surface area contributed by atoms with Gasteiger partial charge in [0.1, 0.15) is 5.75 Å². The van der Waals surface area contributed by atoms with Gasteiger partial charge in [0, 0.05) is 0 Å². The minimum Gasteiger partial charge on any atom is -0.481 e. The monoisotopic (exact) mass is 288 g/mol. The first-order valence-corrected chi connectivity index (χ1v) is 4.67. The van der Waals surface area contributed by atoms with Crippen molar-refractivity contribution in [2.24, 2.45) is 0 Å². The lowest BCUT2D eigenvalue weighted by Crippen LogP contribution is -2.18. The van der Waals surface area contributed by atoms with E-state index in [9.17, 15) is 31.1 Å². The fraction of sp³-hybridized carbons (Fsp3) is 0.300. The summed E-state index contributed by atoms with van der Waals surface area (Å²) in [7, 11) is 0. The van der Waals surface area contributed by atoms with Crippen LogP contribution in [0.15, 0.2) is 18.2 Å². The Bertz CT molecular complexity index is 477. The molecule has 0 aliphatic carbocycles. The van der Waals surface area contributed by atoms with E-state index in [1.165, 1.54) is 0 Å². The SMILES string of the molecule is O=C(O)Cc1ccc(OC(F)(F)F)cc1C(F)(F)F. The highest BCUT2D eigenvalue weighted by molar-refractivity contribution is 5.71. The molecule has 0 unspecified atom stereocenters. The minimum absolute atomic E-state index is 0.117. The predicted octanol–water partition coefficient (Wildman–Crippen LogP) is 3.23. The van der Waals surface area contributed by atoms with Gasteiger partial charge in [-0.2, -0.15) is 13.2 Å². The van der Waals surface area contributed by atoms with Crippen LogP contribution in [0.2, 0.25) is 0 Å². The van der Waals surface area contributed by atoms with E-state index < -0.39 is 41.8 Å². The average Bonchev–Trinajstić information content (AvgIpc) is 2.15. The van der Waals surface area contributed by atoms with Gasteiger partial charge >= 0.3 is 18.5 Å². The highest BCUT2D eigenvalue weighted by Crippen LogP contribution is 2.35. The van der Waals surface area contributed by atoms with Crippen LogP contribution >= 0.6 is 0 Å². The Morgan fingerprint density at radius 3 is 2.16 bits per heavy atom. The average molecular weight is 288 g/mol. The Labute approximate surface area is 102 Å². The van der Waals surface area contributed by atoms with Gasteiger partial charge in [-0.15, -0.1) is 13.2 Å². The van der Waals surface area contributed by atoms with E-state index in [1.807, 2.05) is 0 Å². The topological polar surface area (TPSA) is 46.5 Å². The van der Waals surface area contributed by atoms with Crippen molar-refractivity contribution in [3.63, 3.8) is 0 Å². The molecule has 0 saturated carbocycles. The maximum absolute atomic E-state index is 12.6. The molecule has 0 spiro atoms. The number of rotatable bonds is 3. The molecular formula is C10H6F6O3. The molecule has 19 heavy (non-hydrogen) atoms. The standard InChI is InChI=1S/C10H6F6O3/c11-9(12,13)7-4-6(19-10(14,15)16)2-1-5(7)3-8(17)18/h1-2,4H,3H2,(H,17,18). The summed E-state index contributed by atoms with van der Waals surface area (Å²) in [6, 6.07) is 1.38. The van der Waals surface area contributed by atoms with Crippen molar-refractivity contribution in [3.05, 3.63) is 29.3 Å². The van der Waals surface area contributed by atoms with E-state index >= 15 is 0 Å². The number of carboxylic acids is 1. The lowest BCUT2D eigenvalue weighted by Gasteiger charge is -2.15. The van der Waals surface area contributed by atoms with Crippen molar-refractivity contribution >= 4 is 5.97 Å². The molecule has 0 aromatic heterocycles. The number of aliphatic carboxylic acids is 1. The maximum Gasteiger partial charge on any atom is 0.573 e. The Balaban J connectivity index is 3.19. The van der Waals surface area contributed by atoms with Gasteiger partial charge in [0.2, 0.25) is 0 Å². The summed E-state index contributed by atoms with van der Waals surface area (Å²) >= 11 is 0. The number of alkyl halides is 6. The fourth-order valence-corrected chi connectivity index (χ4v) is 1.33. The van der Waals surface area contributed by atoms with Crippen LogP contribution in [0.5, 0.6) is 5.75 Å². The normalized spacial score (nSPS) is 12.3. The number of carboxylic acid groups (broad SMARTS) is 1. The molecule has 0 aliphatic rings. The Morgan fingerprint density at radius 2 is 1.74 bits per heavy atom. The predicted molar refractivity (Wildman–Crippen MR) is 49.5 cm³/mol. The zero-order valence-electron chi connectivity index (χ0n) is 8.97. The maximum atomic E-state index is 12.6. The fourth-order valence-electron chi connectivity index (χ4n) is 1.33. The van der Waals surface area contributed by atoms with E-state index in [-0.39, 0.29) is 6.07 Å². The number of halogens is 6. The third-order valence-electron chi connectivity index (χ3n) is 1.96. The molecule has 106 valence electrons. The Morgan fingerprint density at radius 1 is 1.16 bits per heavy atom. The van der Waals surface area contributed by atoms with Crippen molar-refractivity contribution in [1.29, 1.82) is 0 Å². The van der Waals surface area contributed by atoms with Crippen molar-refractivity contribution in [2.45, 2.75) is 19.0 Å². The molecule has 1 aromatic carbocycles. The van der Waals surface area contributed by atoms with Crippen LogP contribution in [0.25, 0.3) is 0 Å². The van der Waals surface area contributed by atoms with E-state index in [2.05, 4.69) is 4.74 Å². The molecule has 0 radical (unpaired) electrons. The summed E-state index contributed by atoms with van der Waals surface area (Å²) in [5, 5.41) is 8.43. The molecule has 0 aliphatic heterocycles. The van der Waals surface area contributed by atoms with Crippen LogP contribution in [0.4, 0.5) is 26.3 Å². The first kappa shape index (κ1) is 15.1. The molecule has 0 atom stereocenters. The second-order valence-electron chi connectivity index (χ2n) is 3.44. The van der Waals surface area contributed by atoms with E-state index in [0.717, 1.165) is 0 Å². The van der Waals surface area contributed by atoms with Gasteiger partial charge in [0.15, 0.2) is 0 Å². The molecule has 0 amide bonds. The molecule has 1 rings (SSSR count). The van der Waals surface area contributed by atoms with Crippen molar-refractivity contribution in [1.82, 2.24) is 0 Å². The van der Waals surface area contributed by atoms with Crippen LogP contribution in [0.1, 0.15) is 11.1 Å². The lowest BCUT2D eigenvalue weighted by molar-refractivity contribution is -0.274. The number of carbonyl (C=O) groups is 1. The van der Waals surface area contributed by atoms with Gasteiger partial charge in [0.05, 0.1) is 12.0 Å². The summed E-state index contributed by atoms with van der Waals surface area (Å²) in [6.07, 6.45) is -11.1. The highest BCUT2D eigenvalue weighted by atomic mass is 19.4. The van der Waals surface area contributed by atoms with Crippen molar-refractivity contribution in [3.8, 4) is 5.75 Å². The van der Waals surface area contributed by atoms with Gasteiger partial charge in [-0.25, -0.2) is 0 Å². The molecule has 0 bridgehead atoms. The third kappa shape index (κ3) is 4.68. The number of hydrogen-bond donors (Lipinski definition) is 1. The van der Waals surface area contributed by atoms with Gasteiger partial charge in [-0.1, -0.05) is 6.07 Å². The van der Waals surface area contributed by atoms with Gasteiger partial charge < -0.3 is 9.84 Å². The lowest BCUT2D eigenvalue weighted by atomic mass is 10.0. The molecule has 3 nitrogen and oxygen atoms in total. The Hall–Kier alpha value is -1.93. The first-order valence-electron chi connectivity index (χ1n) is 4.67. The molecule has 0 saturated heterocycles. The third-order valence-corrected chi connectivity index (χ3v) is 1.96. The van der Waals surface area contributed by atoms with Crippen LogP contribution in [-0.2, 0) is 17.4 Å². The summed E-state index contributed by atoms with van der Waals surface area (Å²) in [4.78, 5) is 10.4. The quantitative estimate of drug-likeness (QED) is 0.869. The number of ether oxygens (including phenoxy) is 1. The zero-order valence-corrected chi connectivity index (χ0v) is 8.97. The molecule has 1 aromatic rings. The van der Waals surface area contributed by atoms with E-state index in [4.69, 9.17) is 5.11 Å². The van der Waals surface area contributed by atoms with Crippen LogP contribution < -0.4 is 4.74 Å². The van der Waals surface area contributed by atoms with Crippen LogP contribution in [0.3, 0.4) is 0 Å². The highest BCUT2D eigenvalue weighted by Gasteiger charge is 2.36. The molecule has 1 N–H and O–H groups in total. The van der Waals surface area contributed by atoms with E-state index in [1.54, 1.807) is 0 Å². The first-order chi connectivity index (χ1) is 8.49. The van der Waals surface area contributed by atoms with Crippen LogP contribution in [0, 0.1) is 0 Å². The molecule has 0 heterocycles.